The highest BCUT2D eigenvalue weighted by atomic mass is 19.1. The molecule has 0 aromatic carbocycles. The SMILES string of the molecule is Cc1ncc(F)c(Nc2n[nH]c3c2CN(C(=O)N2CC(C)(C)N(C)C[C@@H]2C)C3(C)C)n1. The number of carbonyl (C=O) groups excluding carboxylic acids is 1. The number of rotatable bonds is 2. The zero-order chi connectivity index (χ0) is 22.7. The largest absolute Gasteiger partial charge is 0.321 e. The van der Waals surface area contributed by atoms with Crippen LogP contribution in [0.15, 0.2) is 6.20 Å². The molecular formula is C21H31FN8O. The van der Waals surface area contributed by atoms with Crippen molar-refractivity contribution in [2.24, 2.45) is 0 Å². The molecule has 0 spiro atoms. The molecule has 0 radical (unpaired) electrons. The number of halogens is 1. The van der Waals surface area contributed by atoms with Gasteiger partial charge in [-0.15, -0.1) is 0 Å². The Bertz CT molecular complexity index is 1020. The molecule has 0 bridgehead atoms. The zero-order valence-corrected chi connectivity index (χ0v) is 19.2. The summed E-state index contributed by atoms with van der Waals surface area (Å²) in [5, 5.41) is 10.4. The normalized spacial score (nSPS) is 22.5. The molecule has 0 saturated carbocycles. The van der Waals surface area contributed by atoms with E-state index >= 15 is 0 Å². The minimum absolute atomic E-state index is 0.00159. The van der Waals surface area contributed by atoms with Gasteiger partial charge >= 0.3 is 6.03 Å². The van der Waals surface area contributed by atoms with E-state index < -0.39 is 11.4 Å². The minimum atomic E-state index is -0.577. The highest BCUT2D eigenvalue weighted by Crippen LogP contribution is 2.42. The summed E-state index contributed by atoms with van der Waals surface area (Å²) in [6.45, 7) is 13.9. The number of anilines is 2. The topological polar surface area (TPSA) is 93.3 Å². The van der Waals surface area contributed by atoms with Crippen LogP contribution in [0.3, 0.4) is 0 Å². The highest BCUT2D eigenvalue weighted by molar-refractivity contribution is 5.78. The van der Waals surface area contributed by atoms with Crippen LogP contribution in [0.25, 0.3) is 0 Å². The molecule has 31 heavy (non-hydrogen) atoms. The third kappa shape index (κ3) is 3.52. The molecule has 1 saturated heterocycles. The Hall–Kier alpha value is -2.75. The van der Waals surface area contributed by atoms with Crippen molar-refractivity contribution in [3.8, 4) is 0 Å². The van der Waals surface area contributed by atoms with Crippen molar-refractivity contribution in [2.45, 2.75) is 65.2 Å². The van der Waals surface area contributed by atoms with E-state index in [1.165, 1.54) is 0 Å². The second kappa shape index (κ2) is 7.15. The summed E-state index contributed by atoms with van der Waals surface area (Å²) >= 11 is 0. The highest BCUT2D eigenvalue weighted by Gasteiger charge is 2.47. The van der Waals surface area contributed by atoms with Crippen molar-refractivity contribution in [1.29, 1.82) is 0 Å². The van der Waals surface area contributed by atoms with Crippen LogP contribution in [0, 0.1) is 12.7 Å². The molecule has 2 aromatic rings. The van der Waals surface area contributed by atoms with Gasteiger partial charge in [-0.1, -0.05) is 0 Å². The number of aryl methyl sites for hydroxylation is 1. The quantitative estimate of drug-likeness (QED) is 0.761. The number of carbonyl (C=O) groups is 1. The van der Waals surface area contributed by atoms with Gasteiger partial charge in [-0.2, -0.15) is 5.10 Å². The van der Waals surface area contributed by atoms with Crippen LogP contribution in [0.2, 0.25) is 0 Å². The van der Waals surface area contributed by atoms with Gasteiger partial charge in [0.2, 0.25) is 0 Å². The summed E-state index contributed by atoms with van der Waals surface area (Å²) in [6, 6.07) is 0.104. The summed E-state index contributed by atoms with van der Waals surface area (Å²) in [4.78, 5) is 27.8. The summed E-state index contributed by atoms with van der Waals surface area (Å²) in [5.41, 5.74) is 1.01. The number of likely N-dealkylation sites (N-methyl/N-ethyl adjacent to an activating group) is 1. The Morgan fingerprint density at radius 1 is 1.29 bits per heavy atom. The van der Waals surface area contributed by atoms with Gasteiger partial charge in [-0.25, -0.2) is 19.2 Å². The van der Waals surface area contributed by atoms with Gasteiger partial charge in [0.25, 0.3) is 0 Å². The van der Waals surface area contributed by atoms with Crippen LogP contribution >= 0.6 is 0 Å². The lowest BCUT2D eigenvalue weighted by atomic mass is 9.96. The molecule has 4 heterocycles. The van der Waals surface area contributed by atoms with E-state index in [-0.39, 0.29) is 23.4 Å². The van der Waals surface area contributed by atoms with Crippen LogP contribution in [-0.4, -0.2) is 72.6 Å². The maximum absolute atomic E-state index is 14.2. The second-order valence-electron chi connectivity index (χ2n) is 9.76. The summed E-state index contributed by atoms with van der Waals surface area (Å²) in [6.07, 6.45) is 1.13. The average molecular weight is 431 g/mol. The van der Waals surface area contributed by atoms with E-state index in [4.69, 9.17) is 0 Å². The van der Waals surface area contributed by atoms with E-state index in [9.17, 15) is 9.18 Å². The lowest BCUT2D eigenvalue weighted by Gasteiger charge is -2.50. The number of piperazine rings is 1. The number of aromatic amines is 1. The fourth-order valence-corrected chi connectivity index (χ4v) is 4.43. The number of H-pyrrole nitrogens is 1. The first kappa shape index (κ1) is 21.5. The molecule has 2 N–H and O–H groups in total. The van der Waals surface area contributed by atoms with Crippen LogP contribution in [0.4, 0.5) is 20.8 Å². The molecule has 2 aliphatic heterocycles. The molecule has 2 aliphatic rings. The first-order valence-corrected chi connectivity index (χ1v) is 10.5. The van der Waals surface area contributed by atoms with Crippen molar-refractivity contribution in [2.75, 3.05) is 25.5 Å². The number of amides is 2. The predicted molar refractivity (Wildman–Crippen MR) is 115 cm³/mol. The van der Waals surface area contributed by atoms with E-state index in [0.29, 0.717) is 24.7 Å². The Labute approximate surface area is 182 Å². The Balaban J connectivity index is 1.60. The number of nitrogens with zero attached hydrogens (tertiary/aromatic N) is 6. The van der Waals surface area contributed by atoms with Gasteiger partial charge in [0.15, 0.2) is 17.5 Å². The van der Waals surface area contributed by atoms with Crippen molar-refractivity contribution in [3.63, 3.8) is 0 Å². The van der Waals surface area contributed by atoms with Crippen LogP contribution in [0.1, 0.15) is 51.7 Å². The van der Waals surface area contributed by atoms with Gasteiger partial charge < -0.3 is 15.1 Å². The van der Waals surface area contributed by atoms with Gasteiger partial charge in [0, 0.05) is 30.2 Å². The third-order valence-corrected chi connectivity index (χ3v) is 6.71. The van der Waals surface area contributed by atoms with Gasteiger partial charge in [0.1, 0.15) is 5.82 Å². The number of hydrogen-bond donors (Lipinski definition) is 2. The fourth-order valence-electron chi connectivity index (χ4n) is 4.43. The molecule has 0 unspecified atom stereocenters. The van der Waals surface area contributed by atoms with Gasteiger partial charge in [-0.05, 0) is 48.6 Å². The standard InChI is InChI=1S/C21H31FN8O/c1-12-9-28(7)20(3,4)11-29(12)19(31)30-10-14-16(21(30,5)6)26-27-17(14)25-18-15(22)8-23-13(2)24-18/h8,12H,9-11H2,1-7H3,(H2,23,24,25,26,27)/t12-/m0/s1. The average Bonchev–Trinajstić information content (AvgIpc) is 3.19. The third-order valence-electron chi connectivity index (χ3n) is 6.71. The molecule has 2 aromatic heterocycles. The monoisotopic (exact) mass is 430 g/mol. The molecule has 1 fully saturated rings. The second-order valence-corrected chi connectivity index (χ2v) is 9.76. The molecule has 0 aliphatic carbocycles. The molecule has 168 valence electrons. The van der Waals surface area contributed by atoms with E-state index in [1.807, 2.05) is 23.6 Å². The molecule has 9 nitrogen and oxygen atoms in total. The summed E-state index contributed by atoms with van der Waals surface area (Å²) in [7, 11) is 2.10. The molecule has 2 amide bonds. The molecule has 1 atom stereocenters. The Morgan fingerprint density at radius 2 is 2.00 bits per heavy atom. The van der Waals surface area contributed by atoms with E-state index in [2.05, 4.69) is 58.2 Å². The smallest absolute Gasteiger partial charge is 0.321 e. The Morgan fingerprint density at radius 3 is 2.71 bits per heavy atom. The lowest BCUT2D eigenvalue weighted by molar-refractivity contribution is 0.00695. The van der Waals surface area contributed by atoms with Crippen LogP contribution in [0.5, 0.6) is 0 Å². The number of nitrogens with one attached hydrogen (secondary N) is 2. The molecule has 4 rings (SSSR count). The van der Waals surface area contributed by atoms with Crippen molar-refractivity contribution >= 4 is 17.7 Å². The first-order chi connectivity index (χ1) is 14.4. The number of urea groups is 1. The van der Waals surface area contributed by atoms with Gasteiger partial charge in [0.05, 0.1) is 24.0 Å². The predicted octanol–water partition coefficient (Wildman–Crippen LogP) is 2.98. The van der Waals surface area contributed by atoms with Crippen molar-refractivity contribution < 1.29 is 9.18 Å². The minimum Gasteiger partial charge on any atom is -0.321 e. The van der Waals surface area contributed by atoms with Crippen LogP contribution < -0.4 is 5.32 Å². The van der Waals surface area contributed by atoms with Crippen molar-refractivity contribution in [3.05, 3.63) is 29.1 Å². The number of hydrogen-bond acceptors (Lipinski definition) is 6. The maximum Gasteiger partial charge on any atom is 0.321 e. The summed E-state index contributed by atoms with van der Waals surface area (Å²) < 4.78 is 14.2. The van der Waals surface area contributed by atoms with Crippen molar-refractivity contribution in [1.82, 2.24) is 34.9 Å². The molecule has 10 heteroatoms. The lowest BCUT2D eigenvalue weighted by Crippen LogP contribution is -2.65. The number of fused-ring (bicyclic) bond motifs is 1. The zero-order valence-electron chi connectivity index (χ0n) is 19.2. The summed E-state index contributed by atoms with van der Waals surface area (Å²) in [5.74, 6) is 0.446. The number of aromatic nitrogens is 4. The van der Waals surface area contributed by atoms with Crippen LogP contribution in [-0.2, 0) is 12.1 Å². The van der Waals surface area contributed by atoms with E-state index in [0.717, 1.165) is 24.0 Å². The maximum atomic E-state index is 14.2. The fraction of sp³-hybridized carbons (Fsp3) is 0.619. The molecular weight excluding hydrogens is 399 g/mol. The first-order valence-electron chi connectivity index (χ1n) is 10.5. The van der Waals surface area contributed by atoms with Gasteiger partial charge in [-0.3, -0.25) is 10.00 Å². The van der Waals surface area contributed by atoms with E-state index in [1.54, 1.807) is 6.92 Å². The Kier molecular flexibility index (Phi) is 4.95.